The van der Waals surface area contributed by atoms with Crippen LogP contribution in [0.2, 0.25) is 5.32 Å². The van der Waals surface area contributed by atoms with E-state index < -0.39 is 0 Å². The summed E-state index contributed by atoms with van der Waals surface area (Å²) in [5.41, 5.74) is 1.05. The first kappa shape index (κ1) is 18.0. The normalized spacial score (nSPS) is 21.2. The van der Waals surface area contributed by atoms with Crippen molar-refractivity contribution in [3.8, 4) is 0 Å². The topological polar surface area (TPSA) is 12.5 Å². The van der Waals surface area contributed by atoms with Gasteiger partial charge in [0.2, 0.25) is 0 Å². The van der Waals surface area contributed by atoms with E-state index in [2.05, 4.69) is 82.4 Å². The first-order valence-electron chi connectivity index (χ1n) is 7.63. The van der Waals surface area contributed by atoms with Crippen LogP contribution in [-0.4, -0.2) is 47.1 Å². The van der Waals surface area contributed by atoms with Crippen LogP contribution in [0.4, 0.5) is 0 Å². The summed E-state index contributed by atoms with van der Waals surface area (Å²) in [6, 6.07) is 11.0. The summed E-state index contributed by atoms with van der Waals surface area (Å²) in [7, 11) is 6.09. The molecular formula is C19H26NOSe. The van der Waals surface area contributed by atoms with Crippen LogP contribution in [0.25, 0.3) is 0 Å². The number of methoxy groups -OCH3 is 1. The first-order chi connectivity index (χ1) is 10.5. The van der Waals surface area contributed by atoms with Crippen molar-refractivity contribution in [3.63, 3.8) is 0 Å². The maximum absolute atomic E-state index is 5.88. The average Bonchev–Trinajstić information content (AvgIpc) is 3.01. The van der Waals surface area contributed by atoms with E-state index in [4.69, 9.17) is 4.74 Å². The van der Waals surface area contributed by atoms with Crippen molar-refractivity contribution in [2.24, 2.45) is 0 Å². The zero-order valence-electron chi connectivity index (χ0n) is 14.2. The van der Waals surface area contributed by atoms with E-state index in [1.807, 2.05) is 7.11 Å². The molecule has 0 amide bonds. The zero-order chi connectivity index (χ0) is 16.2. The monoisotopic (exact) mass is 364 g/mol. The third-order valence-electron chi connectivity index (χ3n) is 4.37. The van der Waals surface area contributed by atoms with Gasteiger partial charge in [-0.15, -0.1) is 0 Å². The molecule has 22 heavy (non-hydrogen) atoms. The van der Waals surface area contributed by atoms with Crippen molar-refractivity contribution in [1.82, 2.24) is 4.90 Å². The summed E-state index contributed by atoms with van der Waals surface area (Å²) in [4.78, 5) is 3.76. The molecule has 2 atom stereocenters. The van der Waals surface area contributed by atoms with Crippen molar-refractivity contribution in [3.05, 3.63) is 65.9 Å². The zero-order valence-corrected chi connectivity index (χ0v) is 15.9. The third kappa shape index (κ3) is 4.14. The second-order valence-corrected chi connectivity index (χ2v) is 8.21. The van der Waals surface area contributed by atoms with Crippen LogP contribution < -0.4 is 0 Å². The summed E-state index contributed by atoms with van der Waals surface area (Å²) in [5.74, 6) is 1.46. The van der Waals surface area contributed by atoms with E-state index in [0.717, 1.165) is 5.32 Å². The maximum atomic E-state index is 5.88. The molecule has 0 unspecified atom stereocenters. The molecule has 1 saturated carbocycles. The number of nitrogens with zero attached hydrogens (tertiary/aromatic N) is 1. The van der Waals surface area contributed by atoms with Gasteiger partial charge in [0.05, 0.1) is 0 Å². The Kier molecular flexibility index (Phi) is 6.52. The Hall–Kier alpha value is -0.341. The summed E-state index contributed by atoms with van der Waals surface area (Å²) in [6.07, 6.45) is 6.71. The molecule has 0 heterocycles. The predicted octanol–water partition coefficient (Wildman–Crippen LogP) is 3.35. The number of hydrogen-bond donors (Lipinski definition) is 0. The van der Waals surface area contributed by atoms with E-state index in [-0.39, 0.29) is 5.60 Å². The van der Waals surface area contributed by atoms with Crippen LogP contribution in [-0.2, 0) is 10.3 Å². The Morgan fingerprint density at radius 1 is 1.18 bits per heavy atom. The van der Waals surface area contributed by atoms with Crippen molar-refractivity contribution >= 4 is 15.0 Å². The predicted molar refractivity (Wildman–Crippen MR) is 93.9 cm³/mol. The summed E-state index contributed by atoms with van der Waals surface area (Å²) < 4.78 is 5.88. The molecule has 5 radical (unpaired) electrons. The van der Waals surface area contributed by atoms with Crippen LogP contribution in [0, 0.1) is 30.0 Å². The number of ether oxygens (including phenoxy) is 1. The second-order valence-electron chi connectivity index (χ2n) is 6.07. The van der Waals surface area contributed by atoms with Crippen LogP contribution in [0.15, 0.2) is 30.3 Å². The molecular weight excluding hydrogens is 337 g/mol. The minimum atomic E-state index is -0.211. The van der Waals surface area contributed by atoms with E-state index in [9.17, 15) is 0 Å². The van der Waals surface area contributed by atoms with Gasteiger partial charge in [-0.25, -0.2) is 0 Å². The van der Waals surface area contributed by atoms with Crippen molar-refractivity contribution < 1.29 is 4.74 Å². The van der Waals surface area contributed by atoms with Crippen LogP contribution in [0.3, 0.4) is 0 Å². The fourth-order valence-electron chi connectivity index (χ4n) is 2.44. The molecule has 2 rings (SSSR count). The van der Waals surface area contributed by atoms with Crippen LogP contribution >= 0.6 is 0 Å². The van der Waals surface area contributed by atoms with Crippen molar-refractivity contribution in [1.29, 1.82) is 0 Å². The fourth-order valence-corrected chi connectivity index (χ4v) is 5.16. The molecule has 0 N–H and O–H groups in total. The van der Waals surface area contributed by atoms with E-state index in [1.54, 1.807) is 0 Å². The molecule has 1 aromatic carbocycles. The van der Waals surface area contributed by atoms with Gasteiger partial charge in [-0.3, -0.25) is 0 Å². The van der Waals surface area contributed by atoms with Crippen molar-refractivity contribution in [2.45, 2.75) is 30.8 Å². The van der Waals surface area contributed by atoms with Gasteiger partial charge in [0.25, 0.3) is 0 Å². The van der Waals surface area contributed by atoms with Crippen LogP contribution in [0.1, 0.15) is 19.4 Å². The van der Waals surface area contributed by atoms with Gasteiger partial charge in [-0.1, -0.05) is 0 Å². The van der Waals surface area contributed by atoms with Gasteiger partial charge in [0.15, 0.2) is 0 Å². The van der Waals surface area contributed by atoms with Crippen LogP contribution in [0.5, 0.6) is 0 Å². The van der Waals surface area contributed by atoms with Gasteiger partial charge in [-0.2, -0.15) is 0 Å². The molecule has 0 bridgehead atoms. The average molecular weight is 363 g/mol. The molecule has 1 aliphatic carbocycles. The van der Waals surface area contributed by atoms with E-state index in [0.29, 0.717) is 21.0 Å². The first-order valence-corrected chi connectivity index (χ1v) is 9.70. The molecule has 0 saturated heterocycles. The summed E-state index contributed by atoms with van der Waals surface area (Å²) in [5, 5.41) is 1.04. The Balaban J connectivity index is 2.01. The fraction of sp³-hybridized carbons (Fsp3) is 0.421. The Morgan fingerprint density at radius 3 is 2.45 bits per heavy atom. The summed E-state index contributed by atoms with van der Waals surface area (Å²) >= 11 is 0.393. The quantitative estimate of drug-likeness (QED) is 0.689. The number of rotatable bonds is 7. The second kappa shape index (κ2) is 7.97. The Labute approximate surface area is 142 Å². The standard InChI is InChI=1S/C19H26NOSe/c1-15(20(3)4)17-12-9-13-18(17)22-14-19(2,21-5)16-10-7-6-8-11-16/h6-13,15H,14H2,1-5H3/t15-,19+/m1/s1. The molecule has 3 heteroatoms. The molecule has 1 aromatic rings. The van der Waals surface area contributed by atoms with Gasteiger partial charge in [-0.05, 0) is 0 Å². The van der Waals surface area contributed by atoms with Gasteiger partial charge >= 0.3 is 143 Å². The van der Waals surface area contributed by atoms with E-state index in [1.165, 1.54) is 16.3 Å². The van der Waals surface area contributed by atoms with Gasteiger partial charge < -0.3 is 0 Å². The number of benzene rings is 1. The molecule has 0 aromatic heterocycles. The molecule has 119 valence electrons. The molecule has 0 spiro atoms. The molecule has 2 nitrogen and oxygen atoms in total. The number of hydrogen-bond acceptors (Lipinski definition) is 2. The molecule has 1 fully saturated rings. The SMILES string of the molecule is CO[C@@](C)(C[Se][C]1[CH][CH][CH][C]1[C@@H](C)N(C)C)c1ccccc1. The molecule has 1 aliphatic rings. The van der Waals surface area contributed by atoms with E-state index >= 15 is 0 Å². The Bertz CT molecular complexity index is 450. The van der Waals surface area contributed by atoms with Gasteiger partial charge in [0.1, 0.15) is 0 Å². The van der Waals surface area contributed by atoms with Crippen molar-refractivity contribution in [2.75, 3.05) is 21.2 Å². The Morgan fingerprint density at radius 2 is 1.86 bits per heavy atom. The summed E-state index contributed by atoms with van der Waals surface area (Å²) in [6.45, 7) is 4.46. The third-order valence-corrected chi connectivity index (χ3v) is 7.26. The molecule has 0 aliphatic heterocycles. The minimum absolute atomic E-state index is 0.211. The van der Waals surface area contributed by atoms with Gasteiger partial charge in [0, 0.05) is 0 Å².